The molecule has 0 aliphatic rings. The number of carbonyl (C=O) groups excluding carboxylic acids is 1. The molecule has 2 heterocycles. The van der Waals surface area contributed by atoms with E-state index in [1.807, 2.05) is 12.1 Å². The summed E-state index contributed by atoms with van der Waals surface area (Å²) in [6, 6.07) is 8.14. The Morgan fingerprint density at radius 1 is 1.17 bits per heavy atom. The summed E-state index contributed by atoms with van der Waals surface area (Å²) in [5.41, 5.74) is 0.816. The number of rotatable bonds is 5. The van der Waals surface area contributed by atoms with E-state index >= 15 is 0 Å². The van der Waals surface area contributed by atoms with Crippen LogP contribution in [-0.2, 0) is 6.42 Å². The second kappa shape index (κ2) is 5.27. The number of furan rings is 1. The predicted octanol–water partition coefficient (Wildman–Crippen LogP) is 2.19. The lowest BCUT2D eigenvalue weighted by Crippen LogP contribution is -2.01. The van der Waals surface area contributed by atoms with Crippen LogP contribution in [0.3, 0.4) is 0 Å². The summed E-state index contributed by atoms with van der Waals surface area (Å²) in [7, 11) is 0. The summed E-state index contributed by atoms with van der Waals surface area (Å²) in [6.07, 6.45) is 2.40. The second-order valence-corrected chi connectivity index (χ2v) is 3.71. The molecule has 0 bridgehead atoms. The van der Waals surface area contributed by atoms with Gasteiger partial charge in [-0.2, -0.15) is 0 Å². The molecule has 2 aromatic rings. The average Bonchev–Trinajstić information content (AvgIpc) is 2.87. The number of aromatic nitrogens is 1. The number of hydrogen-bond acceptors (Lipinski definition) is 4. The third-order valence-corrected chi connectivity index (χ3v) is 2.43. The van der Waals surface area contributed by atoms with Crippen molar-refractivity contribution < 1.29 is 19.1 Å². The molecular formula is C13H11NO4. The van der Waals surface area contributed by atoms with Crippen LogP contribution in [0.2, 0.25) is 0 Å². The zero-order valence-electron chi connectivity index (χ0n) is 9.50. The molecule has 0 saturated heterocycles. The maximum atomic E-state index is 11.7. The van der Waals surface area contributed by atoms with Gasteiger partial charge in [0.05, 0.1) is 0 Å². The molecule has 0 atom stereocenters. The van der Waals surface area contributed by atoms with E-state index in [1.54, 1.807) is 12.3 Å². The quantitative estimate of drug-likeness (QED) is 0.816. The first kappa shape index (κ1) is 12.0. The number of carbonyl (C=O) groups is 2. The lowest BCUT2D eigenvalue weighted by atomic mass is 10.1. The van der Waals surface area contributed by atoms with Crippen LogP contribution in [0.5, 0.6) is 0 Å². The highest BCUT2D eigenvalue weighted by Gasteiger charge is 2.14. The van der Waals surface area contributed by atoms with Gasteiger partial charge in [-0.05, 0) is 30.7 Å². The van der Waals surface area contributed by atoms with Gasteiger partial charge in [0.15, 0.2) is 11.5 Å². The number of nitrogens with zero attached hydrogens (tertiary/aromatic N) is 1. The van der Waals surface area contributed by atoms with Gasteiger partial charge in [0.2, 0.25) is 5.76 Å². The predicted molar refractivity (Wildman–Crippen MR) is 62.6 cm³/mol. The fourth-order valence-corrected chi connectivity index (χ4v) is 1.51. The van der Waals surface area contributed by atoms with Gasteiger partial charge in [-0.1, -0.05) is 6.07 Å². The van der Waals surface area contributed by atoms with Gasteiger partial charge in [-0.25, -0.2) is 4.79 Å². The molecule has 0 amide bonds. The van der Waals surface area contributed by atoms with Crippen molar-refractivity contribution in [3.8, 4) is 0 Å². The van der Waals surface area contributed by atoms with Gasteiger partial charge in [0.25, 0.3) is 0 Å². The summed E-state index contributed by atoms with van der Waals surface area (Å²) >= 11 is 0. The summed E-state index contributed by atoms with van der Waals surface area (Å²) < 4.78 is 4.93. The zero-order valence-corrected chi connectivity index (χ0v) is 9.50. The van der Waals surface area contributed by atoms with Crippen LogP contribution in [0.1, 0.15) is 33.2 Å². The number of aromatic carboxylic acids is 1. The van der Waals surface area contributed by atoms with E-state index in [0.717, 1.165) is 5.69 Å². The van der Waals surface area contributed by atoms with Crippen molar-refractivity contribution in [3.05, 3.63) is 53.7 Å². The largest absolute Gasteiger partial charge is 0.475 e. The normalized spacial score (nSPS) is 10.2. The monoisotopic (exact) mass is 245 g/mol. The van der Waals surface area contributed by atoms with E-state index in [9.17, 15) is 9.59 Å². The Hall–Kier alpha value is -2.43. The van der Waals surface area contributed by atoms with Crippen molar-refractivity contribution in [1.29, 1.82) is 0 Å². The fraction of sp³-hybridized carbons (Fsp3) is 0.154. The van der Waals surface area contributed by atoms with Crippen LogP contribution >= 0.6 is 0 Å². The summed E-state index contributed by atoms with van der Waals surface area (Å²) in [5.74, 6) is -1.56. The van der Waals surface area contributed by atoms with Gasteiger partial charge in [0.1, 0.15) is 0 Å². The highest BCUT2D eigenvalue weighted by molar-refractivity contribution is 5.95. The van der Waals surface area contributed by atoms with Crippen LogP contribution in [-0.4, -0.2) is 21.8 Å². The van der Waals surface area contributed by atoms with E-state index < -0.39 is 5.97 Å². The first-order chi connectivity index (χ1) is 8.66. The standard InChI is InChI=1S/C13H11NO4/c15-10(5-4-9-3-1-2-8-14-9)11-6-7-12(18-11)13(16)17/h1-3,6-8H,4-5H2,(H,16,17). The van der Waals surface area contributed by atoms with Crippen LogP contribution in [0.25, 0.3) is 0 Å². The average molecular weight is 245 g/mol. The van der Waals surface area contributed by atoms with Crippen molar-refractivity contribution in [1.82, 2.24) is 4.98 Å². The number of Topliss-reactive ketones (excluding diaryl/α,β-unsaturated/α-hetero) is 1. The summed E-state index contributed by atoms with van der Waals surface area (Å²) in [5, 5.41) is 8.67. The van der Waals surface area contributed by atoms with Crippen LogP contribution in [0.4, 0.5) is 0 Å². The maximum Gasteiger partial charge on any atom is 0.371 e. The highest BCUT2D eigenvalue weighted by atomic mass is 16.4. The molecule has 2 aromatic heterocycles. The Kier molecular flexibility index (Phi) is 3.52. The molecule has 0 aliphatic heterocycles. The number of carboxylic acid groups (broad SMARTS) is 1. The molecule has 0 spiro atoms. The smallest absolute Gasteiger partial charge is 0.371 e. The van der Waals surface area contributed by atoms with Crippen molar-refractivity contribution in [2.45, 2.75) is 12.8 Å². The SMILES string of the molecule is O=C(O)c1ccc(C(=O)CCc2ccccn2)o1. The molecule has 0 fully saturated rings. The minimum Gasteiger partial charge on any atom is -0.475 e. The highest BCUT2D eigenvalue weighted by Crippen LogP contribution is 2.11. The molecule has 5 heteroatoms. The Bertz CT molecular complexity index is 559. The van der Waals surface area contributed by atoms with Gasteiger partial charge in [-0.15, -0.1) is 0 Å². The third kappa shape index (κ3) is 2.82. The molecule has 0 aliphatic carbocycles. The molecular weight excluding hydrogens is 234 g/mol. The van der Waals surface area contributed by atoms with Crippen molar-refractivity contribution in [2.75, 3.05) is 0 Å². The maximum absolute atomic E-state index is 11.7. The third-order valence-electron chi connectivity index (χ3n) is 2.43. The topological polar surface area (TPSA) is 80.4 Å². The Labute approximate surface area is 103 Å². The first-order valence-corrected chi connectivity index (χ1v) is 5.43. The molecule has 2 rings (SSSR count). The number of pyridine rings is 1. The molecule has 1 N–H and O–H groups in total. The van der Waals surface area contributed by atoms with Gasteiger partial charge < -0.3 is 9.52 Å². The van der Waals surface area contributed by atoms with E-state index in [-0.39, 0.29) is 23.7 Å². The second-order valence-electron chi connectivity index (χ2n) is 3.71. The molecule has 18 heavy (non-hydrogen) atoms. The zero-order chi connectivity index (χ0) is 13.0. The first-order valence-electron chi connectivity index (χ1n) is 5.43. The van der Waals surface area contributed by atoms with E-state index in [0.29, 0.717) is 6.42 Å². The lowest BCUT2D eigenvalue weighted by molar-refractivity contribution is 0.0660. The van der Waals surface area contributed by atoms with E-state index in [2.05, 4.69) is 4.98 Å². The number of hydrogen-bond donors (Lipinski definition) is 1. The molecule has 0 saturated carbocycles. The number of carboxylic acids is 1. The van der Waals surface area contributed by atoms with Crippen LogP contribution in [0.15, 0.2) is 40.9 Å². The van der Waals surface area contributed by atoms with Gasteiger partial charge in [-0.3, -0.25) is 9.78 Å². The van der Waals surface area contributed by atoms with Gasteiger partial charge >= 0.3 is 5.97 Å². The van der Waals surface area contributed by atoms with E-state index in [1.165, 1.54) is 12.1 Å². The number of aryl methyl sites for hydroxylation is 1. The van der Waals surface area contributed by atoms with Crippen molar-refractivity contribution >= 4 is 11.8 Å². The van der Waals surface area contributed by atoms with Crippen LogP contribution in [0, 0.1) is 0 Å². The summed E-state index contributed by atoms with van der Waals surface area (Å²) in [4.78, 5) is 26.4. The summed E-state index contributed by atoms with van der Waals surface area (Å²) in [6.45, 7) is 0. The van der Waals surface area contributed by atoms with Crippen molar-refractivity contribution in [2.24, 2.45) is 0 Å². The minimum absolute atomic E-state index is 0.0725. The molecule has 5 nitrogen and oxygen atoms in total. The Morgan fingerprint density at radius 3 is 2.56 bits per heavy atom. The molecule has 92 valence electrons. The van der Waals surface area contributed by atoms with Gasteiger partial charge in [0, 0.05) is 18.3 Å². The lowest BCUT2D eigenvalue weighted by Gasteiger charge is -1.98. The Balaban J connectivity index is 1.97. The van der Waals surface area contributed by atoms with Crippen LogP contribution < -0.4 is 0 Å². The van der Waals surface area contributed by atoms with E-state index in [4.69, 9.17) is 9.52 Å². The Morgan fingerprint density at radius 2 is 1.94 bits per heavy atom. The number of ketones is 1. The molecule has 0 aromatic carbocycles. The minimum atomic E-state index is -1.18. The van der Waals surface area contributed by atoms with Crippen molar-refractivity contribution in [3.63, 3.8) is 0 Å². The molecule has 0 unspecified atom stereocenters. The fourth-order valence-electron chi connectivity index (χ4n) is 1.51. The molecule has 0 radical (unpaired) electrons.